The van der Waals surface area contributed by atoms with E-state index in [-0.39, 0.29) is 0 Å². The monoisotopic (exact) mass is 275 g/mol. The summed E-state index contributed by atoms with van der Waals surface area (Å²) in [6.45, 7) is 9.23. The molecule has 0 aromatic heterocycles. The molecule has 1 saturated carbocycles. The van der Waals surface area contributed by atoms with Gasteiger partial charge in [-0.25, -0.2) is 0 Å². The molecule has 2 atom stereocenters. The minimum atomic E-state index is 0.356. The van der Waals surface area contributed by atoms with E-state index in [0.29, 0.717) is 11.5 Å². The first-order valence-electron chi connectivity index (χ1n) is 7.83. The van der Waals surface area contributed by atoms with Crippen molar-refractivity contribution < 1.29 is 4.74 Å². The average Bonchev–Trinajstić information content (AvgIpc) is 2.38. The lowest BCUT2D eigenvalue weighted by atomic mass is 9.69. The normalized spacial score (nSPS) is 23.4. The number of nitrogens with one attached hydrogen (secondary N) is 1. The summed E-state index contributed by atoms with van der Waals surface area (Å²) in [7, 11) is 1.75. The van der Waals surface area contributed by atoms with Crippen molar-refractivity contribution in [2.24, 2.45) is 11.3 Å². The molecule has 2 rings (SSSR count). The molecule has 0 spiro atoms. The van der Waals surface area contributed by atoms with Crippen LogP contribution in [-0.4, -0.2) is 13.2 Å². The van der Waals surface area contributed by atoms with E-state index in [0.717, 1.165) is 17.4 Å². The number of hydrogen-bond donors (Lipinski definition) is 1. The maximum absolute atomic E-state index is 5.50. The third-order valence-corrected chi connectivity index (χ3v) is 4.57. The molecule has 1 aromatic rings. The second-order valence-electron chi connectivity index (χ2n) is 7.21. The molecule has 1 fully saturated rings. The van der Waals surface area contributed by atoms with Gasteiger partial charge in [0.15, 0.2) is 0 Å². The van der Waals surface area contributed by atoms with E-state index >= 15 is 0 Å². The molecule has 2 heteroatoms. The van der Waals surface area contributed by atoms with Crippen LogP contribution in [0.5, 0.6) is 5.75 Å². The zero-order chi connectivity index (χ0) is 14.8. The Labute approximate surface area is 123 Å². The summed E-state index contributed by atoms with van der Waals surface area (Å²) in [5.74, 6) is 1.68. The number of rotatable bonds is 3. The van der Waals surface area contributed by atoms with Crippen LogP contribution in [0.2, 0.25) is 0 Å². The van der Waals surface area contributed by atoms with Crippen LogP contribution in [0, 0.1) is 18.3 Å². The first kappa shape index (κ1) is 15.2. The fraction of sp³-hybridized carbons (Fsp3) is 0.667. The Bertz CT molecular complexity index is 447. The van der Waals surface area contributed by atoms with Crippen molar-refractivity contribution in [1.82, 2.24) is 0 Å². The lowest BCUT2D eigenvalue weighted by molar-refractivity contribution is 0.162. The quantitative estimate of drug-likeness (QED) is 0.836. The summed E-state index contributed by atoms with van der Waals surface area (Å²) in [5, 5.41) is 3.77. The minimum Gasteiger partial charge on any atom is -0.495 e. The number of ether oxygens (including phenoxy) is 1. The maximum atomic E-state index is 5.50. The zero-order valence-electron chi connectivity index (χ0n) is 13.6. The fourth-order valence-corrected chi connectivity index (χ4v) is 3.47. The summed E-state index contributed by atoms with van der Waals surface area (Å²) in [6, 6.07) is 6.92. The Morgan fingerprint density at radius 3 is 2.50 bits per heavy atom. The standard InChI is InChI=1S/C18H29NO/c1-13-10-11-17(20-5)16(12-13)19-15-9-7-6-8-14(15)18(2,3)4/h10-12,14-15,19H,6-9H2,1-5H3. The predicted molar refractivity (Wildman–Crippen MR) is 86.6 cm³/mol. The van der Waals surface area contributed by atoms with Gasteiger partial charge in [0.2, 0.25) is 0 Å². The molecule has 1 N–H and O–H groups in total. The molecule has 0 aliphatic heterocycles. The van der Waals surface area contributed by atoms with E-state index in [1.54, 1.807) is 7.11 Å². The molecular weight excluding hydrogens is 246 g/mol. The van der Waals surface area contributed by atoms with Gasteiger partial charge in [0.1, 0.15) is 5.75 Å². The van der Waals surface area contributed by atoms with Crippen molar-refractivity contribution in [3.8, 4) is 5.75 Å². The Hall–Kier alpha value is -1.18. The predicted octanol–water partition coefficient (Wildman–Crippen LogP) is 5.02. The first-order chi connectivity index (χ1) is 9.41. The molecule has 20 heavy (non-hydrogen) atoms. The van der Waals surface area contributed by atoms with E-state index in [9.17, 15) is 0 Å². The summed E-state index contributed by atoms with van der Waals surface area (Å²) in [6.07, 6.45) is 5.29. The molecule has 2 unspecified atom stereocenters. The highest BCUT2D eigenvalue weighted by Gasteiger charge is 2.34. The third-order valence-electron chi connectivity index (χ3n) is 4.57. The Morgan fingerprint density at radius 2 is 1.85 bits per heavy atom. The number of benzene rings is 1. The van der Waals surface area contributed by atoms with Gasteiger partial charge < -0.3 is 10.1 Å². The van der Waals surface area contributed by atoms with Gasteiger partial charge in [-0.05, 0) is 48.8 Å². The van der Waals surface area contributed by atoms with Gasteiger partial charge in [-0.3, -0.25) is 0 Å². The van der Waals surface area contributed by atoms with Crippen LogP contribution in [0.1, 0.15) is 52.0 Å². The summed E-state index contributed by atoms with van der Waals surface area (Å²) < 4.78 is 5.50. The highest BCUT2D eigenvalue weighted by molar-refractivity contribution is 5.58. The van der Waals surface area contributed by atoms with Gasteiger partial charge in [-0.15, -0.1) is 0 Å². The van der Waals surface area contributed by atoms with Crippen LogP contribution in [0.15, 0.2) is 18.2 Å². The first-order valence-corrected chi connectivity index (χ1v) is 7.83. The van der Waals surface area contributed by atoms with Crippen LogP contribution in [-0.2, 0) is 0 Å². The smallest absolute Gasteiger partial charge is 0.141 e. The van der Waals surface area contributed by atoms with Gasteiger partial charge >= 0.3 is 0 Å². The van der Waals surface area contributed by atoms with Crippen LogP contribution >= 0.6 is 0 Å². The van der Waals surface area contributed by atoms with E-state index in [1.807, 2.05) is 0 Å². The molecule has 1 aliphatic carbocycles. The summed E-state index contributed by atoms with van der Waals surface area (Å²) in [4.78, 5) is 0. The molecule has 2 nitrogen and oxygen atoms in total. The lowest BCUT2D eigenvalue weighted by Gasteiger charge is -2.41. The van der Waals surface area contributed by atoms with Crippen LogP contribution in [0.4, 0.5) is 5.69 Å². The van der Waals surface area contributed by atoms with Gasteiger partial charge in [-0.2, -0.15) is 0 Å². The van der Waals surface area contributed by atoms with Crippen molar-refractivity contribution in [2.45, 2.75) is 59.4 Å². The van der Waals surface area contributed by atoms with Gasteiger partial charge in [0.05, 0.1) is 12.8 Å². The summed E-state index contributed by atoms with van der Waals surface area (Å²) in [5.41, 5.74) is 2.78. The number of hydrogen-bond acceptors (Lipinski definition) is 2. The highest BCUT2D eigenvalue weighted by Crippen LogP contribution is 2.40. The molecule has 0 amide bonds. The molecule has 0 bridgehead atoms. The molecule has 1 aliphatic rings. The van der Waals surface area contributed by atoms with Crippen molar-refractivity contribution in [2.75, 3.05) is 12.4 Å². The molecule has 0 radical (unpaired) electrons. The number of methoxy groups -OCH3 is 1. The third kappa shape index (κ3) is 3.47. The van der Waals surface area contributed by atoms with Crippen LogP contribution < -0.4 is 10.1 Å². The maximum Gasteiger partial charge on any atom is 0.141 e. The Balaban J connectivity index is 2.20. The Morgan fingerprint density at radius 1 is 1.15 bits per heavy atom. The van der Waals surface area contributed by atoms with E-state index in [4.69, 9.17) is 4.74 Å². The van der Waals surface area contributed by atoms with Crippen LogP contribution in [0.3, 0.4) is 0 Å². The van der Waals surface area contributed by atoms with Crippen molar-refractivity contribution >= 4 is 5.69 Å². The fourth-order valence-electron chi connectivity index (χ4n) is 3.47. The molecule has 112 valence electrons. The van der Waals surface area contributed by atoms with Crippen molar-refractivity contribution in [1.29, 1.82) is 0 Å². The van der Waals surface area contributed by atoms with E-state index < -0.39 is 0 Å². The SMILES string of the molecule is COc1ccc(C)cc1NC1CCCCC1C(C)(C)C. The highest BCUT2D eigenvalue weighted by atomic mass is 16.5. The molecule has 0 saturated heterocycles. The molecule has 1 aromatic carbocycles. The number of aryl methyl sites for hydroxylation is 1. The largest absolute Gasteiger partial charge is 0.495 e. The second kappa shape index (κ2) is 6.07. The second-order valence-corrected chi connectivity index (χ2v) is 7.21. The molecular formula is C18H29NO. The number of anilines is 1. The topological polar surface area (TPSA) is 21.3 Å². The molecule has 0 heterocycles. The van der Waals surface area contributed by atoms with Gasteiger partial charge in [-0.1, -0.05) is 39.7 Å². The Kier molecular flexibility index (Phi) is 4.62. The summed E-state index contributed by atoms with van der Waals surface area (Å²) >= 11 is 0. The minimum absolute atomic E-state index is 0.356. The average molecular weight is 275 g/mol. The van der Waals surface area contributed by atoms with Crippen molar-refractivity contribution in [3.05, 3.63) is 23.8 Å². The zero-order valence-corrected chi connectivity index (χ0v) is 13.6. The van der Waals surface area contributed by atoms with E-state index in [1.165, 1.54) is 31.2 Å². The van der Waals surface area contributed by atoms with Crippen molar-refractivity contribution in [3.63, 3.8) is 0 Å². The van der Waals surface area contributed by atoms with Gasteiger partial charge in [0, 0.05) is 6.04 Å². The van der Waals surface area contributed by atoms with E-state index in [2.05, 4.69) is 51.2 Å². The van der Waals surface area contributed by atoms with Crippen LogP contribution in [0.25, 0.3) is 0 Å². The van der Waals surface area contributed by atoms with Gasteiger partial charge in [0.25, 0.3) is 0 Å². The lowest BCUT2D eigenvalue weighted by Crippen LogP contribution is -2.39.